The molecule has 0 radical (unpaired) electrons. The minimum absolute atomic E-state index is 0.237. The van der Waals surface area contributed by atoms with Crippen LogP contribution < -0.4 is 5.32 Å². The van der Waals surface area contributed by atoms with Gasteiger partial charge in [0.25, 0.3) is 0 Å². The highest BCUT2D eigenvalue weighted by Gasteiger charge is 2.59. The molecule has 0 aromatic heterocycles. The zero-order chi connectivity index (χ0) is 31.9. The lowest BCUT2D eigenvalue weighted by Gasteiger charge is -2.48. The number of hydrogen-bond acceptors (Lipinski definition) is 1. The number of nitrogens with one attached hydrogen (secondary N) is 1. The van der Waals surface area contributed by atoms with Gasteiger partial charge in [-0.3, -0.25) is 0 Å². The van der Waals surface area contributed by atoms with Crippen LogP contribution in [0.15, 0.2) is 164 Å². The fourth-order valence-corrected chi connectivity index (χ4v) is 10.9. The number of benzene rings is 7. The van der Waals surface area contributed by atoms with Gasteiger partial charge in [0.15, 0.2) is 0 Å². The molecule has 0 bridgehead atoms. The van der Waals surface area contributed by atoms with Crippen molar-refractivity contribution in [2.45, 2.75) is 22.8 Å². The lowest BCUT2D eigenvalue weighted by atomic mass is 9.52. The summed E-state index contributed by atoms with van der Waals surface area (Å²) in [6.45, 7) is 0. The summed E-state index contributed by atoms with van der Waals surface area (Å²) >= 11 is 0. The monoisotopic (exact) mass is 621 g/mol. The zero-order valence-corrected chi connectivity index (χ0v) is 26.8. The predicted molar refractivity (Wildman–Crippen MR) is 199 cm³/mol. The van der Waals surface area contributed by atoms with E-state index in [0.717, 1.165) is 0 Å². The summed E-state index contributed by atoms with van der Waals surface area (Å²) in [4.78, 5) is 0. The Hall–Kier alpha value is -5.92. The van der Waals surface area contributed by atoms with Gasteiger partial charge in [-0.05, 0) is 77.9 Å². The van der Waals surface area contributed by atoms with E-state index >= 15 is 0 Å². The number of fused-ring (bicyclic) bond motifs is 22. The van der Waals surface area contributed by atoms with E-state index in [9.17, 15) is 0 Å². The molecule has 7 aromatic rings. The lowest BCUT2D eigenvalue weighted by Crippen LogP contribution is -2.43. The van der Waals surface area contributed by atoms with Crippen LogP contribution in [0.25, 0.3) is 28.3 Å². The molecule has 5 aliphatic rings. The van der Waals surface area contributed by atoms with E-state index in [2.05, 4.69) is 175 Å². The molecule has 49 heavy (non-hydrogen) atoms. The second kappa shape index (κ2) is 8.95. The topological polar surface area (TPSA) is 12.0 Å². The standard InChI is InChI=1S/C48H31N/c1-2-14-30-29(13-1)25-28-43-44(30)34-26-27-42-45(46(34)49-43)33-17-5-8-20-37(33)48(42)40-23-11-9-21-38(40)47(39-22-10-12-24-41(39)48)35-18-6-3-15-31(35)32-16-4-7-19-36(32)47/h1-28,43-44,49H. The minimum atomic E-state index is -0.463. The largest absolute Gasteiger partial charge is 0.377 e. The molecule has 228 valence electrons. The first-order valence-corrected chi connectivity index (χ1v) is 17.5. The van der Waals surface area contributed by atoms with Crippen molar-refractivity contribution in [2.24, 2.45) is 0 Å². The summed E-state index contributed by atoms with van der Waals surface area (Å²) in [7, 11) is 0. The Balaban J connectivity index is 1.22. The molecular formula is C48H31N. The Morgan fingerprint density at radius 3 is 1.47 bits per heavy atom. The summed E-state index contributed by atoms with van der Waals surface area (Å²) in [6.07, 6.45) is 4.68. The van der Waals surface area contributed by atoms with Gasteiger partial charge in [-0.15, -0.1) is 0 Å². The van der Waals surface area contributed by atoms with Crippen LogP contribution in [-0.2, 0) is 10.8 Å². The molecule has 1 heterocycles. The van der Waals surface area contributed by atoms with E-state index in [1.807, 2.05) is 0 Å². The summed E-state index contributed by atoms with van der Waals surface area (Å²) < 4.78 is 0. The maximum Gasteiger partial charge on any atom is 0.0720 e. The molecule has 2 spiro atoms. The van der Waals surface area contributed by atoms with E-state index in [-0.39, 0.29) is 6.04 Å². The van der Waals surface area contributed by atoms with Gasteiger partial charge >= 0.3 is 0 Å². The summed E-state index contributed by atoms with van der Waals surface area (Å²) in [5.74, 6) is 0.297. The fraction of sp³-hybridized carbons (Fsp3) is 0.0833. The molecule has 2 unspecified atom stereocenters. The summed E-state index contributed by atoms with van der Waals surface area (Å²) in [5.41, 5.74) is 21.0. The van der Waals surface area contributed by atoms with Crippen LogP contribution in [0.4, 0.5) is 5.69 Å². The van der Waals surface area contributed by atoms with Crippen LogP contribution in [0.3, 0.4) is 0 Å². The molecule has 1 N–H and O–H groups in total. The second-order valence-corrected chi connectivity index (χ2v) is 14.3. The Morgan fingerprint density at radius 1 is 0.388 bits per heavy atom. The molecule has 4 aliphatic carbocycles. The third kappa shape index (κ3) is 2.85. The van der Waals surface area contributed by atoms with E-state index in [0.29, 0.717) is 5.92 Å². The first-order valence-electron chi connectivity index (χ1n) is 17.5. The Morgan fingerprint density at radius 2 is 0.857 bits per heavy atom. The molecule has 0 saturated heterocycles. The smallest absolute Gasteiger partial charge is 0.0720 e. The highest BCUT2D eigenvalue weighted by atomic mass is 15.0. The molecule has 0 amide bonds. The van der Waals surface area contributed by atoms with Crippen LogP contribution in [0.5, 0.6) is 0 Å². The average molecular weight is 622 g/mol. The van der Waals surface area contributed by atoms with Crippen molar-refractivity contribution in [3.05, 3.63) is 225 Å². The normalized spacial score (nSPS) is 19.4. The highest BCUT2D eigenvalue weighted by Crippen LogP contribution is 2.68. The van der Waals surface area contributed by atoms with Crippen molar-refractivity contribution < 1.29 is 0 Å². The highest BCUT2D eigenvalue weighted by molar-refractivity contribution is 5.99. The van der Waals surface area contributed by atoms with Gasteiger partial charge in [-0.25, -0.2) is 0 Å². The van der Waals surface area contributed by atoms with E-state index < -0.39 is 10.8 Å². The van der Waals surface area contributed by atoms with Gasteiger partial charge in [0.2, 0.25) is 0 Å². The maximum atomic E-state index is 4.08. The minimum Gasteiger partial charge on any atom is -0.377 e. The Labute approximate surface area is 286 Å². The number of rotatable bonds is 0. The van der Waals surface area contributed by atoms with Gasteiger partial charge in [-0.2, -0.15) is 0 Å². The summed E-state index contributed by atoms with van der Waals surface area (Å²) in [6, 6.07) is 60.3. The van der Waals surface area contributed by atoms with Crippen molar-refractivity contribution >= 4 is 11.8 Å². The van der Waals surface area contributed by atoms with Gasteiger partial charge < -0.3 is 5.32 Å². The number of hydrogen-bond donors (Lipinski definition) is 1. The molecular weight excluding hydrogens is 591 g/mol. The molecule has 1 aliphatic heterocycles. The predicted octanol–water partition coefficient (Wildman–Crippen LogP) is 10.7. The molecule has 0 fully saturated rings. The van der Waals surface area contributed by atoms with Crippen LogP contribution >= 0.6 is 0 Å². The molecule has 1 nitrogen and oxygen atoms in total. The van der Waals surface area contributed by atoms with E-state index in [1.54, 1.807) is 0 Å². The molecule has 12 rings (SSSR count). The van der Waals surface area contributed by atoms with Crippen molar-refractivity contribution in [1.82, 2.24) is 0 Å². The molecule has 7 aromatic carbocycles. The third-order valence-electron chi connectivity index (χ3n) is 12.5. The van der Waals surface area contributed by atoms with E-state index in [4.69, 9.17) is 0 Å². The van der Waals surface area contributed by atoms with Crippen molar-refractivity contribution in [3.63, 3.8) is 0 Å². The quantitative estimate of drug-likeness (QED) is 0.178. The second-order valence-electron chi connectivity index (χ2n) is 14.3. The average Bonchev–Trinajstić information content (AvgIpc) is 3.80. The van der Waals surface area contributed by atoms with Gasteiger partial charge in [-0.1, -0.05) is 170 Å². The Kier molecular flexibility index (Phi) is 4.76. The third-order valence-corrected chi connectivity index (χ3v) is 12.5. The van der Waals surface area contributed by atoms with Gasteiger partial charge in [0.05, 0.1) is 16.9 Å². The molecule has 2 atom stereocenters. The SMILES string of the molecule is C1=CC2Nc3c(ccc4c3-c3ccccc3C43c4ccccc4C4(c5ccccc5-c5ccccc54)c4ccccc43)C2c2ccccc21. The van der Waals surface area contributed by atoms with E-state index in [1.165, 1.54) is 89.1 Å². The van der Waals surface area contributed by atoms with Crippen molar-refractivity contribution in [3.8, 4) is 22.3 Å². The van der Waals surface area contributed by atoms with Gasteiger partial charge in [0.1, 0.15) is 0 Å². The summed E-state index contributed by atoms with van der Waals surface area (Å²) in [5, 5.41) is 4.08. The maximum absolute atomic E-state index is 4.08. The number of anilines is 1. The fourth-order valence-electron chi connectivity index (χ4n) is 10.9. The lowest BCUT2D eigenvalue weighted by molar-refractivity contribution is 0.633. The molecule has 1 heteroatoms. The van der Waals surface area contributed by atoms with Crippen LogP contribution in [0.2, 0.25) is 0 Å². The van der Waals surface area contributed by atoms with Gasteiger partial charge in [0, 0.05) is 17.2 Å². The van der Waals surface area contributed by atoms with Crippen molar-refractivity contribution in [1.29, 1.82) is 0 Å². The molecule has 0 saturated carbocycles. The Bertz CT molecular complexity index is 2530. The van der Waals surface area contributed by atoms with Crippen LogP contribution in [0.1, 0.15) is 67.1 Å². The van der Waals surface area contributed by atoms with Crippen LogP contribution in [0, 0.1) is 0 Å². The zero-order valence-electron chi connectivity index (χ0n) is 26.8. The first-order chi connectivity index (χ1) is 24.3. The first kappa shape index (κ1) is 26.1. The van der Waals surface area contributed by atoms with Crippen LogP contribution in [-0.4, -0.2) is 6.04 Å². The van der Waals surface area contributed by atoms with Crippen molar-refractivity contribution in [2.75, 3.05) is 5.32 Å².